The van der Waals surface area contributed by atoms with E-state index in [1.165, 1.54) is 0 Å². The molecule has 1 atom stereocenters. The number of ether oxygens (including phenoxy) is 1. The Labute approximate surface area is 96.9 Å². The molecule has 0 spiro atoms. The van der Waals surface area contributed by atoms with Crippen LogP contribution in [0, 0.1) is 5.92 Å². The van der Waals surface area contributed by atoms with Crippen LogP contribution in [0.4, 0.5) is 4.79 Å². The second-order valence-corrected chi connectivity index (χ2v) is 5.24. The van der Waals surface area contributed by atoms with E-state index < -0.39 is 11.7 Å². The number of nitrogens with zero attached hydrogens (tertiary/aromatic N) is 1. The molecule has 1 aliphatic rings. The summed E-state index contributed by atoms with van der Waals surface area (Å²) in [6, 6.07) is 0. The highest BCUT2D eigenvalue weighted by Crippen LogP contribution is 2.23. The van der Waals surface area contributed by atoms with Gasteiger partial charge in [0.15, 0.2) is 0 Å². The van der Waals surface area contributed by atoms with Crippen LogP contribution < -0.4 is 0 Å². The maximum absolute atomic E-state index is 11.6. The lowest BCUT2D eigenvalue weighted by molar-refractivity contribution is -0.0296. The first-order valence-corrected chi connectivity index (χ1v) is 5.60. The second kappa shape index (κ2) is 4.87. The predicted octanol–water partition coefficient (Wildman–Crippen LogP) is 1.79. The van der Waals surface area contributed by atoms with E-state index in [2.05, 4.69) is 6.58 Å². The Kier molecular flexibility index (Phi) is 3.97. The third-order valence-electron chi connectivity index (χ3n) is 2.51. The predicted molar refractivity (Wildman–Crippen MR) is 62.1 cm³/mol. The molecule has 0 radical (unpaired) electrons. The number of aliphatic hydroxyl groups excluding tert-OH is 1. The minimum atomic E-state index is -0.456. The number of hydrogen-bond acceptors (Lipinski definition) is 3. The maximum atomic E-state index is 11.6. The number of likely N-dealkylation sites (tertiary alicyclic amines) is 1. The third-order valence-corrected chi connectivity index (χ3v) is 2.51. The van der Waals surface area contributed by atoms with Gasteiger partial charge in [-0.3, -0.25) is 0 Å². The summed E-state index contributed by atoms with van der Waals surface area (Å²) in [6.07, 6.45) is 1.58. The van der Waals surface area contributed by atoms with Gasteiger partial charge in [0.2, 0.25) is 0 Å². The van der Waals surface area contributed by atoms with Crippen molar-refractivity contribution in [2.75, 3.05) is 13.1 Å². The fraction of sp³-hybridized carbons (Fsp3) is 0.750. The number of carbonyl (C=O) groups excluding carboxylic acids is 1. The van der Waals surface area contributed by atoms with Gasteiger partial charge in [0.1, 0.15) is 5.60 Å². The van der Waals surface area contributed by atoms with Gasteiger partial charge in [-0.2, -0.15) is 0 Å². The lowest BCUT2D eigenvalue weighted by Crippen LogP contribution is -2.55. The van der Waals surface area contributed by atoms with E-state index >= 15 is 0 Å². The highest BCUT2D eigenvalue weighted by molar-refractivity contribution is 5.69. The summed E-state index contributed by atoms with van der Waals surface area (Å²) in [5.41, 5.74) is -0.456. The first-order chi connectivity index (χ1) is 7.33. The molecule has 0 saturated carbocycles. The molecule has 1 unspecified atom stereocenters. The Bertz CT molecular complexity index is 264. The van der Waals surface area contributed by atoms with Gasteiger partial charge in [0.25, 0.3) is 0 Å². The third kappa shape index (κ3) is 3.52. The van der Waals surface area contributed by atoms with Gasteiger partial charge < -0.3 is 14.7 Å². The molecule has 0 aromatic carbocycles. The summed E-state index contributed by atoms with van der Waals surface area (Å²) in [5, 5.41) is 9.65. The van der Waals surface area contributed by atoms with Crippen LogP contribution in [0.5, 0.6) is 0 Å². The number of rotatable bonds is 3. The van der Waals surface area contributed by atoms with Crippen LogP contribution in [0.1, 0.15) is 27.2 Å². The molecule has 0 bridgehead atoms. The SMILES string of the molecule is C=CCC(O)C1CN(C(=O)OC(C)(C)C)C1. The van der Waals surface area contributed by atoms with Crippen molar-refractivity contribution in [2.24, 2.45) is 5.92 Å². The molecular formula is C12H21NO3. The van der Waals surface area contributed by atoms with Crippen molar-refractivity contribution in [1.82, 2.24) is 4.90 Å². The van der Waals surface area contributed by atoms with Crippen LogP contribution in [0.15, 0.2) is 12.7 Å². The molecule has 4 nitrogen and oxygen atoms in total. The molecule has 1 saturated heterocycles. The zero-order chi connectivity index (χ0) is 12.3. The molecule has 1 fully saturated rings. The van der Waals surface area contributed by atoms with E-state index in [1.54, 1.807) is 11.0 Å². The fourth-order valence-electron chi connectivity index (χ4n) is 1.59. The molecule has 92 valence electrons. The van der Waals surface area contributed by atoms with E-state index in [4.69, 9.17) is 4.74 Å². The van der Waals surface area contributed by atoms with Crippen molar-refractivity contribution in [3.8, 4) is 0 Å². The Hall–Kier alpha value is -1.03. The van der Waals surface area contributed by atoms with Crippen molar-refractivity contribution in [1.29, 1.82) is 0 Å². The summed E-state index contributed by atoms with van der Waals surface area (Å²) in [4.78, 5) is 13.2. The topological polar surface area (TPSA) is 49.8 Å². The van der Waals surface area contributed by atoms with Crippen LogP contribution in [0.25, 0.3) is 0 Å². The van der Waals surface area contributed by atoms with Crippen LogP contribution >= 0.6 is 0 Å². The molecule has 16 heavy (non-hydrogen) atoms. The highest BCUT2D eigenvalue weighted by Gasteiger charge is 2.36. The molecule has 1 heterocycles. The largest absolute Gasteiger partial charge is 0.444 e. The smallest absolute Gasteiger partial charge is 0.410 e. The quantitative estimate of drug-likeness (QED) is 0.748. The van der Waals surface area contributed by atoms with Crippen molar-refractivity contribution >= 4 is 6.09 Å². The van der Waals surface area contributed by atoms with Gasteiger partial charge in [-0.1, -0.05) is 6.08 Å². The average molecular weight is 227 g/mol. The Morgan fingerprint density at radius 2 is 2.19 bits per heavy atom. The monoisotopic (exact) mass is 227 g/mol. The van der Waals surface area contributed by atoms with Crippen molar-refractivity contribution in [3.05, 3.63) is 12.7 Å². The Morgan fingerprint density at radius 3 is 2.62 bits per heavy atom. The zero-order valence-corrected chi connectivity index (χ0v) is 10.3. The normalized spacial score (nSPS) is 18.9. The van der Waals surface area contributed by atoms with E-state index in [1.807, 2.05) is 20.8 Å². The number of carbonyl (C=O) groups is 1. The molecule has 1 N–H and O–H groups in total. The maximum Gasteiger partial charge on any atom is 0.410 e. The first kappa shape index (κ1) is 13.0. The van der Waals surface area contributed by atoms with Gasteiger partial charge in [0.05, 0.1) is 6.10 Å². The molecule has 1 amide bonds. The van der Waals surface area contributed by atoms with Crippen molar-refractivity contribution in [3.63, 3.8) is 0 Å². The van der Waals surface area contributed by atoms with Gasteiger partial charge in [0, 0.05) is 19.0 Å². The molecule has 0 aromatic rings. The van der Waals surface area contributed by atoms with E-state index in [0.29, 0.717) is 19.5 Å². The summed E-state index contributed by atoms with van der Waals surface area (Å²) < 4.78 is 5.21. The second-order valence-electron chi connectivity index (χ2n) is 5.24. The number of amides is 1. The van der Waals surface area contributed by atoms with E-state index in [9.17, 15) is 9.90 Å². The summed E-state index contributed by atoms with van der Waals surface area (Å²) in [6.45, 7) is 10.3. The number of hydrogen-bond donors (Lipinski definition) is 1. The van der Waals surface area contributed by atoms with Crippen molar-refractivity contribution < 1.29 is 14.6 Å². The molecule has 0 aromatic heterocycles. The van der Waals surface area contributed by atoms with Gasteiger partial charge in [-0.25, -0.2) is 4.79 Å². The fourth-order valence-corrected chi connectivity index (χ4v) is 1.59. The van der Waals surface area contributed by atoms with Crippen LogP contribution in [-0.4, -0.2) is 40.9 Å². The molecule has 1 rings (SSSR count). The highest BCUT2D eigenvalue weighted by atomic mass is 16.6. The standard InChI is InChI=1S/C12H21NO3/c1-5-6-10(14)9-7-13(8-9)11(15)16-12(2,3)4/h5,9-10,14H,1,6-8H2,2-4H3. The van der Waals surface area contributed by atoms with Gasteiger partial charge in [-0.05, 0) is 27.2 Å². The average Bonchev–Trinajstić information content (AvgIpc) is 1.97. The molecule has 1 aliphatic heterocycles. The van der Waals surface area contributed by atoms with E-state index in [-0.39, 0.29) is 12.0 Å². The minimum absolute atomic E-state index is 0.158. The Morgan fingerprint density at radius 1 is 1.62 bits per heavy atom. The summed E-state index contributed by atoms with van der Waals surface area (Å²) in [7, 11) is 0. The molecule has 4 heteroatoms. The van der Waals surface area contributed by atoms with Crippen molar-refractivity contribution in [2.45, 2.75) is 38.9 Å². The van der Waals surface area contributed by atoms with Gasteiger partial charge >= 0.3 is 6.09 Å². The van der Waals surface area contributed by atoms with Crippen LogP contribution in [-0.2, 0) is 4.74 Å². The lowest BCUT2D eigenvalue weighted by Gasteiger charge is -2.41. The molecule has 0 aliphatic carbocycles. The number of aliphatic hydroxyl groups is 1. The first-order valence-electron chi connectivity index (χ1n) is 5.60. The summed E-state index contributed by atoms with van der Waals surface area (Å²) in [5.74, 6) is 0.158. The van der Waals surface area contributed by atoms with Crippen LogP contribution in [0.2, 0.25) is 0 Å². The van der Waals surface area contributed by atoms with Crippen LogP contribution in [0.3, 0.4) is 0 Å². The van der Waals surface area contributed by atoms with Gasteiger partial charge in [-0.15, -0.1) is 6.58 Å². The summed E-state index contributed by atoms with van der Waals surface area (Å²) >= 11 is 0. The van der Waals surface area contributed by atoms with E-state index in [0.717, 1.165) is 0 Å². The molecular weight excluding hydrogens is 206 g/mol. The lowest BCUT2D eigenvalue weighted by atomic mass is 9.92. The zero-order valence-electron chi connectivity index (χ0n) is 10.3. The Balaban J connectivity index is 2.30. The minimum Gasteiger partial charge on any atom is -0.444 e.